The Morgan fingerprint density at radius 3 is 2.79 bits per heavy atom. The van der Waals surface area contributed by atoms with Crippen LogP contribution >= 0.6 is 12.2 Å². The second kappa shape index (κ2) is 6.19. The van der Waals surface area contributed by atoms with Crippen molar-refractivity contribution in [3.63, 3.8) is 0 Å². The minimum atomic E-state index is 0.351. The summed E-state index contributed by atoms with van der Waals surface area (Å²) in [5.74, 6) is 0. The summed E-state index contributed by atoms with van der Waals surface area (Å²) in [7, 11) is 1.72. The molecule has 1 rings (SSSR count). The maximum Gasteiger partial charge on any atom is 0.166 e. The SMILES string of the molecule is CCCC(COC)NC(=S)NC1CC1. The molecule has 1 unspecified atom stereocenters. The molecule has 0 spiro atoms. The first kappa shape index (κ1) is 11.7. The van der Waals surface area contributed by atoms with E-state index in [0.717, 1.165) is 24.6 Å². The van der Waals surface area contributed by atoms with Crippen molar-refractivity contribution in [1.29, 1.82) is 0 Å². The maximum absolute atomic E-state index is 5.20. The molecule has 0 aliphatic heterocycles. The Labute approximate surface area is 91.6 Å². The molecule has 14 heavy (non-hydrogen) atoms. The summed E-state index contributed by atoms with van der Waals surface area (Å²) in [6.07, 6.45) is 4.75. The number of hydrogen-bond donors (Lipinski definition) is 2. The van der Waals surface area contributed by atoms with Crippen LogP contribution in [0.3, 0.4) is 0 Å². The van der Waals surface area contributed by atoms with E-state index in [0.29, 0.717) is 12.1 Å². The molecule has 3 nitrogen and oxygen atoms in total. The molecule has 0 aromatic rings. The van der Waals surface area contributed by atoms with Gasteiger partial charge in [0.25, 0.3) is 0 Å². The van der Waals surface area contributed by atoms with Crippen LogP contribution in [0.5, 0.6) is 0 Å². The smallest absolute Gasteiger partial charge is 0.166 e. The van der Waals surface area contributed by atoms with Crippen LogP contribution in [-0.4, -0.2) is 30.9 Å². The minimum Gasteiger partial charge on any atom is -0.383 e. The first-order chi connectivity index (χ1) is 6.76. The van der Waals surface area contributed by atoms with Gasteiger partial charge in [0.2, 0.25) is 0 Å². The minimum absolute atomic E-state index is 0.351. The summed E-state index contributed by atoms with van der Waals surface area (Å²) < 4.78 is 5.13. The zero-order valence-electron chi connectivity index (χ0n) is 9.01. The number of hydrogen-bond acceptors (Lipinski definition) is 2. The van der Waals surface area contributed by atoms with Gasteiger partial charge in [-0.05, 0) is 31.5 Å². The van der Waals surface area contributed by atoms with Crippen LogP contribution in [0, 0.1) is 0 Å². The molecule has 0 radical (unpaired) electrons. The summed E-state index contributed by atoms with van der Waals surface area (Å²) in [6.45, 7) is 2.89. The molecular weight excluding hydrogens is 196 g/mol. The van der Waals surface area contributed by atoms with Crippen molar-refractivity contribution in [2.45, 2.75) is 44.7 Å². The van der Waals surface area contributed by atoms with Crippen LogP contribution in [0.2, 0.25) is 0 Å². The lowest BCUT2D eigenvalue weighted by atomic mass is 10.2. The van der Waals surface area contributed by atoms with E-state index in [1.165, 1.54) is 12.8 Å². The molecule has 82 valence electrons. The van der Waals surface area contributed by atoms with E-state index in [1.807, 2.05) is 0 Å². The van der Waals surface area contributed by atoms with E-state index in [9.17, 15) is 0 Å². The van der Waals surface area contributed by atoms with Crippen LogP contribution in [0.1, 0.15) is 32.6 Å². The predicted molar refractivity (Wildman–Crippen MR) is 62.5 cm³/mol. The van der Waals surface area contributed by atoms with E-state index in [-0.39, 0.29) is 0 Å². The second-order valence-electron chi connectivity index (χ2n) is 3.83. The highest BCUT2D eigenvalue weighted by molar-refractivity contribution is 7.80. The lowest BCUT2D eigenvalue weighted by Crippen LogP contribution is -2.44. The molecule has 1 aliphatic carbocycles. The van der Waals surface area contributed by atoms with Crippen LogP contribution in [0.25, 0.3) is 0 Å². The Hall–Kier alpha value is -0.350. The average Bonchev–Trinajstić information content (AvgIpc) is 2.89. The first-order valence-corrected chi connectivity index (χ1v) is 5.73. The van der Waals surface area contributed by atoms with Crippen LogP contribution < -0.4 is 10.6 Å². The summed E-state index contributed by atoms with van der Waals surface area (Å²) in [5.41, 5.74) is 0. The summed E-state index contributed by atoms with van der Waals surface area (Å²) in [4.78, 5) is 0. The van der Waals surface area contributed by atoms with Crippen molar-refractivity contribution in [3.8, 4) is 0 Å². The molecule has 0 aromatic carbocycles. The van der Waals surface area contributed by atoms with E-state index in [4.69, 9.17) is 17.0 Å². The number of thiocarbonyl (C=S) groups is 1. The van der Waals surface area contributed by atoms with Crippen molar-refractivity contribution in [1.82, 2.24) is 10.6 Å². The van der Waals surface area contributed by atoms with Gasteiger partial charge in [0, 0.05) is 13.2 Å². The van der Waals surface area contributed by atoms with Crippen molar-refractivity contribution in [2.24, 2.45) is 0 Å². The normalized spacial score (nSPS) is 17.6. The van der Waals surface area contributed by atoms with E-state index in [2.05, 4.69) is 17.6 Å². The molecular formula is C10H20N2OS. The Bertz CT molecular complexity index is 177. The molecule has 1 saturated carbocycles. The highest BCUT2D eigenvalue weighted by Crippen LogP contribution is 2.18. The van der Waals surface area contributed by atoms with Gasteiger partial charge < -0.3 is 15.4 Å². The van der Waals surface area contributed by atoms with Crippen molar-refractivity contribution >= 4 is 17.3 Å². The highest BCUT2D eigenvalue weighted by Gasteiger charge is 2.22. The fraction of sp³-hybridized carbons (Fsp3) is 0.900. The molecule has 1 aliphatic rings. The standard InChI is InChI=1S/C10H20N2OS/c1-3-4-9(7-13-2)12-10(14)11-8-5-6-8/h8-9H,3-7H2,1-2H3,(H2,11,12,14). The monoisotopic (exact) mass is 216 g/mol. The number of rotatable bonds is 6. The van der Waals surface area contributed by atoms with E-state index >= 15 is 0 Å². The van der Waals surface area contributed by atoms with Gasteiger partial charge >= 0.3 is 0 Å². The Morgan fingerprint density at radius 2 is 2.29 bits per heavy atom. The number of nitrogens with one attached hydrogen (secondary N) is 2. The van der Waals surface area contributed by atoms with E-state index < -0.39 is 0 Å². The summed E-state index contributed by atoms with van der Waals surface area (Å²) >= 11 is 5.20. The van der Waals surface area contributed by atoms with Gasteiger partial charge in [-0.1, -0.05) is 13.3 Å². The third-order valence-electron chi connectivity index (χ3n) is 2.25. The molecule has 1 atom stereocenters. The zero-order chi connectivity index (χ0) is 10.4. The van der Waals surface area contributed by atoms with Gasteiger partial charge in [-0.15, -0.1) is 0 Å². The zero-order valence-corrected chi connectivity index (χ0v) is 9.82. The fourth-order valence-electron chi connectivity index (χ4n) is 1.39. The van der Waals surface area contributed by atoms with Gasteiger partial charge in [-0.25, -0.2) is 0 Å². The van der Waals surface area contributed by atoms with Crippen molar-refractivity contribution in [2.75, 3.05) is 13.7 Å². The Morgan fingerprint density at radius 1 is 1.57 bits per heavy atom. The van der Waals surface area contributed by atoms with E-state index in [1.54, 1.807) is 7.11 Å². The largest absolute Gasteiger partial charge is 0.383 e. The lowest BCUT2D eigenvalue weighted by molar-refractivity contribution is 0.170. The maximum atomic E-state index is 5.20. The Balaban J connectivity index is 2.17. The molecule has 0 bridgehead atoms. The summed E-state index contributed by atoms with van der Waals surface area (Å²) in [5, 5.41) is 7.33. The van der Waals surface area contributed by atoms with Gasteiger partial charge in [-0.3, -0.25) is 0 Å². The first-order valence-electron chi connectivity index (χ1n) is 5.32. The van der Waals surface area contributed by atoms with Gasteiger partial charge in [-0.2, -0.15) is 0 Å². The predicted octanol–water partition coefficient (Wildman–Crippen LogP) is 1.43. The summed E-state index contributed by atoms with van der Waals surface area (Å²) in [6, 6.07) is 0.976. The van der Waals surface area contributed by atoms with Crippen LogP contribution in [-0.2, 0) is 4.74 Å². The fourth-order valence-corrected chi connectivity index (χ4v) is 1.72. The average molecular weight is 216 g/mol. The molecule has 4 heteroatoms. The van der Waals surface area contributed by atoms with Crippen LogP contribution in [0.4, 0.5) is 0 Å². The lowest BCUT2D eigenvalue weighted by Gasteiger charge is -2.19. The molecule has 0 amide bonds. The third-order valence-corrected chi connectivity index (χ3v) is 2.49. The van der Waals surface area contributed by atoms with Gasteiger partial charge in [0.1, 0.15) is 0 Å². The second-order valence-corrected chi connectivity index (χ2v) is 4.24. The quantitative estimate of drug-likeness (QED) is 0.658. The number of ether oxygens (including phenoxy) is 1. The Kier molecular flexibility index (Phi) is 5.19. The van der Waals surface area contributed by atoms with Gasteiger partial charge in [0.15, 0.2) is 5.11 Å². The third kappa shape index (κ3) is 4.77. The molecule has 0 aromatic heterocycles. The topological polar surface area (TPSA) is 33.3 Å². The van der Waals surface area contributed by atoms with Crippen LogP contribution in [0.15, 0.2) is 0 Å². The van der Waals surface area contributed by atoms with Crippen molar-refractivity contribution < 1.29 is 4.74 Å². The number of methoxy groups -OCH3 is 1. The van der Waals surface area contributed by atoms with Gasteiger partial charge in [0.05, 0.1) is 12.6 Å². The molecule has 0 saturated heterocycles. The highest BCUT2D eigenvalue weighted by atomic mass is 32.1. The molecule has 1 fully saturated rings. The molecule has 0 heterocycles. The van der Waals surface area contributed by atoms with Crippen molar-refractivity contribution in [3.05, 3.63) is 0 Å². The molecule has 2 N–H and O–H groups in total.